The van der Waals surface area contributed by atoms with Crippen molar-refractivity contribution in [2.45, 2.75) is 12.5 Å². The Morgan fingerprint density at radius 1 is 1.05 bits per heavy atom. The predicted molar refractivity (Wildman–Crippen MR) is 75.4 cm³/mol. The number of carboxylic acid groups (broad SMARTS) is 1. The fourth-order valence-electron chi connectivity index (χ4n) is 1.94. The van der Waals surface area contributed by atoms with Crippen LogP contribution in [0.5, 0.6) is 0 Å². The van der Waals surface area contributed by atoms with E-state index in [1.54, 1.807) is 0 Å². The Morgan fingerprint density at radius 3 is 2.27 bits per heavy atom. The maximum atomic E-state index is 13.5. The minimum absolute atomic E-state index is 0.0319. The second-order valence-corrected chi connectivity index (χ2v) is 4.67. The van der Waals surface area contributed by atoms with Crippen LogP contribution in [0.3, 0.4) is 0 Å². The molecule has 0 saturated heterocycles. The van der Waals surface area contributed by atoms with Crippen LogP contribution in [0.25, 0.3) is 0 Å². The van der Waals surface area contributed by atoms with Crippen LogP contribution in [-0.2, 0) is 11.2 Å². The number of halogens is 2. The first-order valence-electron chi connectivity index (χ1n) is 6.50. The number of carboxylic acids is 1. The average molecular weight is 305 g/mol. The molecule has 0 aliphatic carbocycles. The molecule has 0 spiro atoms. The maximum absolute atomic E-state index is 13.5. The first kappa shape index (κ1) is 15.6. The van der Waals surface area contributed by atoms with Crippen LogP contribution in [0.2, 0.25) is 0 Å². The fraction of sp³-hybridized carbons (Fsp3) is 0.125. The predicted octanol–water partition coefficient (Wildman–Crippen LogP) is 2.39. The third-order valence-electron chi connectivity index (χ3n) is 3.07. The van der Waals surface area contributed by atoms with E-state index in [0.717, 1.165) is 6.07 Å². The van der Waals surface area contributed by atoms with Crippen LogP contribution >= 0.6 is 0 Å². The van der Waals surface area contributed by atoms with E-state index >= 15 is 0 Å². The van der Waals surface area contributed by atoms with Crippen molar-refractivity contribution in [3.8, 4) is 0 Å². The van der Waals surface area contributed by atoms with Crippen LogP contribution in [0.15, 0.2) is 48.5 Å². The van der Waals surface area contributed by atoms with Gasteiger partial charge in [0.25, 0.3) is 5.91 Å². The van der Waals surface area contributed by atoms with Crippen molar-refractivity contribution in [3.63, 3.8) is 0 Å². The summed E-state index contributed by atoms with van der Waals surface area (Å²) in [4.78, 5) is 23.2. The summed E-state index contributed by atoms with van der Waals surface area (Å²) in [5.41, 5.74) is 0.315. The smallest absolute Gasteiger partial charge is 0.326 e. The van der Waals surface area contributed by atoms with Crippen LogP contribution in [0.4, 0.5) is 8.78 Å². The van der Waals surface area contributed by atoms with Gasteiger partial charge in [0.1, 0.15) is 17.7 Å². The zero-order valence-electron chi connectivity index (χ0n) is 11.4. The van der Waals surface area contributed by atoms with Crippen molar-refractivity contribution in [1.29, 1.82) is 0 Å². The van der Waals surface area contributed by atoms with Gasteiger partial charge in [0.05, 0.1) is 5.56 Å². The summed E-state index contributed by atoms with van der Waals surface area (Å²) in [6.07, 6.45) is -0.0319. The quantitative estimate of drug-likeness (QED) is 0.891. The van der Waals surface area contributed by atoms with E-state index in [4.69, 9.17) is 0 Å². The molecule has 22 heavy (non-hydrogen) atoms. The number of hydrogen-bond donors (Lipinski definition) is 2. The van der Waals surface area contributed by atoms with Crippen molar-refractivity contribution in [2.24, 2.45) is 0 Å². The Kier molecular flexibility index (Phi) is 4.83. The molecule has 0 unspecified atom stereocenters. The number of rotatable bonds is 5. The summed E-state index contributed by atoms with van der Waals surface area (Å²) < 4.78 is 26.3. The molecule has 0 radical (unpaired) electrons. The molecular formula is C16H13F2NO3. The van der Waals surface area contributed by atoms with Gasteiger partial charge in [-0.2, -0.15) is 0 Å². The Hall–Kier alpha value is -2.76. The van der Waals surface area contributed by atoms with Gasteiger partial charge in [-0.15, -0.1) is 0 Å². The molecule has 2 rings (SSSR count). The number of aliphatic carboxylic acids is 1. The first-order valence-corrected chi connectivity index (χ1v) is 6.50. The molecule has 6 heteroatoms. The molecule has 0 aromatic heterocycles. The lowest BCUT2D eigenvalue weighted by molar-refractivity contribution is -0.139. The van der Waals surface area contributed by atoms with Crippen LogP contribution in [0, 0.1) is 11.6 Å². The summed E-state index contributed by atoms with van der Waals surface area (Å²) in [6, 6.07) is 9.32. The highest BCUT2D eigenvalue weighted by atomic mass is 19.1. The summed E-state index contributed by atoms with van der Waals surface area (Å²) in [5.74, 6) is -3.24. The molecular weight excluding hydrogens is 292 g/mol. The molecule has 0 fully saturated rings. The number of benzene rings is 2. The first-order chi connectivity index (χ1) is 10.5. The van der Waals surface area contributed by atoms with Gasteiger partial charge in [-0.05, 0) is 29.8 Å². The Bertz CT molecular complexity index is 686. The van der Waals surface area contributed by atoms with Crippen LogP contribution in [0.1, 0.15) is 15.9 Å². The summed E-state index contributed by atoms with van der Waals surface area (Å²) in [6.45, 7) is 0. The van der Waals surface area contributed by atoms with Gasteiger partial charge in [0.2, 0.25) is 0 Å². The van der Waals surface area contributed by atoms with E-state index in [1.165, 1.54) is 42.5 Å². The summed E-state index contributed by atoms with van der Waals surface area (Å²) in [7, 11) is 0. The Morgan fingerprint density at radius 2 is 1.68 bits per heavy atom. The van der Waals surface area contributed by atoms with Crippen LogP contribution in [-0.4, -0.2) is 23.0 Å². The van der Waals surface area contributed by atoms with Gasteiger partial charge in [-0.25, -0.2) is 13.6 Å². The van der Waals surface area contributed by atoms with E-state index in [9.17, 15) is 23.5 Å². The Labute approximate surface area is 125 Å². The minimum Gasteiger partial charge on any atom is -0.480 e. The standard InChI is InChI=1S/C16H13F2NO3/c17-11-7-5-10(6-8-11)9-14(16(21)22)19-15(20)12-3-1-2-4-13(12)18/h1-8,14H,9H2,(H,19,20)(H,21,22)/t14-/m0/s1. The van der Waals surface area contributed by atoms with Gasteiger partial charge in [-0.1, -0.05) is 24.3 Å². The van der Waals surface area contributed by atoms with E-state index < -0.39 is 29.6 Å². The van der Waals surface area contributed by atoms with Gasteiger partial charge in [0, 0.05) is 6.42 Å². The molecule has 2 aromatic rings. The number of carbonyl (C=O) groups excluding carboxylic acids is 1. The van der Waals surface area contributed by atoms with Crippen molar-refractivity contribution in [2.75, 3.05) is 0 Å². The van der Waals surface area contributed by atoms with Gasteiger partial charge in [-0.3, -0.25) is 4.79 Å². The molecule has 0 aliphatic heterocycles. The second-order valence-electron chi connectivity index (χ2n) is 4.67. The van der Waals surface area contributed by atoms with Gasteiger partial charge < -0.3 is 10.4 Å². The van der Waals surface area contributed by atoms with Crippen molar-refractivity contribution < 1.29 is 23.5 Å². The molecule has 1 amide bonds. The summed E-state index contributed by atoms with van der Waals surface area (Å²) in [5, 5.41) is 11.4. The largest absolute Gasteiger partial charge is 0.480 e. The maximum Gasteiger partial charge on any atom is 0.326 e. The highest BCUT2D eigenvalue weighted by molar-refractivity contribution is 5.96. The van der Waals surface area contributed by atoms with E-state index in [0.29, 0.717) is 5.56 Å². The SMILES string of the molecule is O=C(N[C@@H](Cc1ccc(F)cc1)C(=O)O)c1ccccc1F. The normalized spacial score (nSPS) is 11.7. The third-order valence-corrected chi connectivity index (χ3v) is 3.07. The molecule has 2 N–H and O–H groups in total. The van der Waals surface area contributed by atoms with E-state index in [-0.39, 0.29) is 12.0 Å². The van der Waals surface area contributed by atoms with Gasteiger partial charge in [0.15, 0.2) is 0 Å². The topological polar surface area (TPSA) is 66.4 Å². The number of amides is 1. The monoisotopic (exact) mass is 305 g/mol. The zero-order chi connectivity index (χ0) is 16.1. The second kappa shape index (κ2) is 6.80. The lowest BCUT2D eigenvalue weighted by Gasteiger charge is -2.15. The van der Waals surface area contributed by atoms with Crippen LogP contribution < -0.4 is 5.32 Å². The number of carbonyl (C=O) groups is 2. The zero-order valence-corrected chi connectivity index (χ0v) is 11.4. The number of nitrogens with one attached hydrogen (secondary N) is 1. The molecule has 0 aliphatic rings. The third kappa shape index (κ3) is 3.88. The lowest BCUT2D eigenvalue weighted by Crippen LogP contribution is -2.42. The molecule has 0 saturated carbocycles. The molecule has 0 bridgehead atoms. The fourth-order valence-corrected chi connectivity index (χ4v) is 1.94. The average Bonchev–Trinajstić information content (AvgIpc) is 2.49. The lowest BCUT2D eigenvalue weighted by atomic mass is 10.1. The minimum atomic E-state index is -1.26. The van der Waals surface area contributed by atoms with Gasteiger partial charge >= 0.3 is 5.97 Å². The van der Waals surface area contributed by atoms with Crippen molar-refractivity contribution >= 4 is 11.9 Å². The molecule has 2 aromatic carbocycles. The van der Waals surface area contributed by atoms with Crippen molar-refractivity contribution in [3.05, 3.63) is 71.3 Å². The highest BCUT2D eigenvalue weighted by Gasteiger charge is 2.22. The summed E-state index contributed by atoms with van der Waals surface area (Å²) >= 11 is 0. The molecule has 114 valence electrons. The van der Waals surface area contributed by atoms with E-state index in [1.807, 2.05) is 0 Å². The molecule has 1 atom stereocenters. The van der Waals surface area contributed by atoms with E-state index in [2.05, 4.69) is 5.32 Å². The molecule has 0 heterocycles. The Balaban J connectivity index is 2.12. The highest BCUT2D eigenvalue weighted by Crippen LogP contribution is 2.09. The number of hydrogen-bond acceptors (Lipinski definition) is 2. The molecule has 4 nitrogen and oxygen atoms in total. The van der Waals surface area contributed by atoms with Crippen molar-refractivity contribution in [1.82, 2.24) is 5.32 Å².